The summed E-state index contributed by atoms with van der Waals surface area (Å²) in [5.41, 5.74) is 0.243. The molecule has 2 aliphatic rings. The van der Waals surface area contributed by atoms with Crippen LogP contribution >= 0.6 is 23.2 Å². The van der Waals surface area contributed by atoms with Gasteiger partial charge in [-0.25, -0.2) is 19.7 Å². The average Bonchev–Trinajstić information content (AvgIpc) is 2.90. The summed E-state index contributed by atoms with van der Waals surface area (Å²) in [5.74, 6) is -0.687. The maximum absolute atomic E-state index is 12.5. The molecule has 0 aromatic carbocycles. The van der Waals surface area contributed by atoms with Gasteiger partial charge >= 0.3 is 6.03 Å². The van der Waals surface area contributed by atoms with Gasteiger partial charge in [0, 0.05) is 6.54 Å². The molecule has 2 fully saturated rings. The molecule has 0 radical (unpaired) electrons. The molecule has 2 saturated heterocycles. The van der Waals surface area contributed by atoms with Crippen LogP contribution in [0.3, 0.4) is 0 Å². The maximum atomic E-state index is 12.5. The fourth-order valence-corrected chi connectivity index (χ4v) is 3.03. The Morgan fingerprint density at radius 2 is 1.90 bits per heavy atom. The van der Waals surface area contributed by atoms with E-state index < -0.39 is 18.0 Å². The zero-order valence-electron chi connectivity index (χ0n) is 10.9. The highest BCUT2D eigenvalue weighted by atomic mass is 35.5. The lowest BCUT2D eigenvalue weighted by molar-refractivity contribution is -0.120. The van der Waals surface area contributed by atoms with Gasteiger partial charge in [0.1, 0.15) is 16.3 Å². The van der Waals surface area contributed by atoms with Gasteiger partial charge in [0.15, 0.2) is 5.81 Å². The number of rotatable bonds is 1. The first-order chi connectivity index (χ1) is 9.90. The Morgan fingerprint density at radius 1 is 1.29 bits per heavy atom. The summed E-state index contributed by atoms with van der Waals surface area (Å²) in [6, 6.07) is 1.51. The van der Waals surface area contributed by atoms with Crippen LogP contribution in [0.2, 0.25) is 10.3 Å². The van der Waals surface area contributed by atoms with Crippen molar-refractivity contribution in [3.8, 4) is 0 Å². The van der Waals surface area contributed by atoms with Gasteiger partial charge in [-0.2, -0.15) is 0 Å². The highest BCUT2D eigenvalue weighted by Gasteiger charge is 2.52. The summed E-state index contributed by atoms with van der Waals surface area (Å²) < 4.78 is 0. The van der Waals surface area contributed by atoms with E-state index in [1.165, 1.54) is 30.0 Å². The Bertz CT molecular complexity index is 651. The van der Waals surface area contributed by atoms with E-state index in [9.17, 15) is 14.4 Å². The number of urea groups is 1. The van der Waals surface area contributed by atoms with Gasteiger partial charge in [0.2, 0.25) is 7.85 Å². The standard InChI is InChI=1S/C11H9BCl2N4O3/c12-10(20)16-2-1-6-9(19)17(11(21)18(6)16)5-3-7(13)15-8(14)4-5/h3-4,6H,1-2,12H2. The third kappa shape index (κ3) is 2.15. The quantitative estimate of drug-likeness (QED) is 0.436. The molecule has 0 saturated carbocycles. The normalized spacial score (nSPS) is 21.2. The largest absolute Gasteiger partial charge is 0.351 e. The number of fused-ring (bicyclic) bond motifs is 1. The molecule has 3 rings (SSSR count). The number of aromatic nitrogens is 1. The number of imide groups is 1. The number of hydrazine groups is 1. The van der Waals surface area contributed by atoms with Crippen molar-refractivity contribution in [1.29, 1.82) is 0 Å². The van der Waals surface area contributed by atoms with E-state index in [1.54, 1.807) is 0 Å². The minimum Gasteiger partial charge on any atom is -0.287 e. The van der Waals surface area contributed by atoms with E-state index in [-0.39, 0.29) is 21.8 Å². The second-order valence-corrected chi connectivity index (χ2v) is 5.49. The molecule has 1 aromatic rings. The molecule has 3 heterocycles. The van der Waals surface area contributed by atoms with E-state index >= 15 is 0 Å². The van der Waals surface area contributed by atoms with Gasteiger partial charge in [0.05, 0.1) is 5.69 Å². The smallest absolute Gasteiger partial charge is 0.287 e. The fourth-order valence-electron chi connectivity index (χ4n) is 2.58. The van der Waals surface area contributed by atoms with E-state index in [1.807, 2.05) is 0 Å². The molecule has 0 spiro atoms. The van der Waals surface area contributed by atoms with Crippen LogP contribution in [0.4, 0.5) is 15.3 Å². The highest BCUT2D eigenvalue weighted by Crippen LogP contribution is 2.33. The minimum atomic E-state index is -0.660. The molecular weight excluding hydrogens is 318 g/mol. The Balaban J connectivity index is 2.00. The van der Waals surface area contributed by atoms with Crippen molar-refractivity contribution in [2.75, 3.05) is 11.4 Å². The first-order valence-electron chi connectivity index (χ1n) is 6.18. The number of anilines is 1. The van der Waals surface area contributed by atoms with Crippen molar-refractivity contribution in [2.24, 2.45) is 0 Å². The first-order valence-corrected chi connectivity index (χ1v) is 6.94. The lowest BCUT2D eigenvalue weighted by Gasteiger charge is -2.25. The Morgan fingerprint density at radius 3 is 2.48 bits per heavy atom. The molecular formula is C11H9BCl2N4O3. The number of pyridine rings is 1. The molecule has 4 amide bonds. The molecule has 1 atom stereocenters. The van der Waals surface area contributed by atoms with Crippen molar-refractivity contribution in [1.82, 2.24) is 15.0 Å². The van der Waals surface area contributed by atoms with Crippen molar-refractivity contribution in [3.63, 3.8) is 0 Å². The van der Waals surface area contributed by atoms with E-state index in [4.69, 9.17) is 23.2 Å². The van der Waals surface area contributed by atoms with Crippen molar-refractivity contribution < 1.29 is 14.4 Å². The minimum absolute atomic E-state index is 0.0774. The summed E-state index contributed by atoms with van der Waals surface area (Å²) in [4.78, 5) is 41.2. The molecule has 108 valence electrons. The van der Waals surface area contributed by atoms with Gasteiger partial charge in [0.25, 0.3) is 5.91 Å². The second kappa shape index (κ2) is 4.89. The number of halogens is 2. The van der Waals surface area contributed by atoms with Crippen LogP contribution in [0.1, 0.15) is 6.42 Å². The van der Waals surface area contributed by atoms with Crippen LogP contribution in [0.5, 0.6) is 0 Å². The van der Waals surface area contributed by atoms with Gasteiger partial charge in [-0.05, 0) is 18.6 Å². The molecule has 10 heteroatoms. The van der Waals surface area contributed by atoms with Crippen LogP contribution in [-0.4, -0.2) is 53.2 Å². The summed E-state index contributed by atoms with van der Waals surface area (Å²) in [6.07, 6.45) is 0.410. The predicted octanol–water partition coefficient (Wildman–Crippen LogP) is 0.899. The van der Waals surface area contributed by atoms with Crippen LogP contribution in [0, 0.1) is 0 Å². The summed E-state index contributed by atoms with van der Waals surface area (Å²) >= 11 is 11.6. The van der Waals surface area contributed by atoms with E-state index in [2.05, 4.69) is 4.98 Å². The monoisotopic (exact) mass is 326 g/mol. The lowest BCUT2D eigenvalue weighted by atomic mass is 10.1. The number of nitrogens with zero attached hydrogens (tertiary/aromatic N) is 4. The van der Waals surface area contributed by atoms with Crippen LogP contribution in [-0.2, 0) is 4.79 Å². The maximum Gasteiger partial charge on any atom is 0.351 e. The molecule has 0 N–H and O–H groups in total. The van der Waals surface area contributed by atoms with Crippen LogP contribution in [0.15, 0.2) is 12.1 Å². The number of carbonyl (C=O) groups is 3. The molecule has 7 nitrogen and oxygen atoms in total. The van der Waals surface area contributed by atoms with E-state index in [0.29, 0.717) is 13.0 Å². The second-order valence-electron chi connectivity index (χ2n) is 4.72. The molecule has 0 aliphatic carbocycles. The molecule has 1 aromatic heterocycles. The van der Waals surface area contributed by atoms with Gasteiger partial charge in [-0.15, -0.1) is 0 Å². The topological polar surface area (TPSA) is 73.8 Å². The SMILES string of the molecule is BC(=O)N1CCC2C(=O)N(c3cc(Cl)nc(Cl)c3)C(=O)N21. The number of carbonyl (C=O) groups excluding carboxylic acids is 3. The highest BCUT2D eigenvalue weighted by molar-refractivity contribution is 6.57. The van der Waals surface area contributed by atoms with Crippen molar-refractivity contribution in [3.05, 3.63) is 22.4 Å². The predicted molar refractivity (Wildman–Crippen MR) is 78.0 cm³/mol. The number of hydrogen-bond donors (Lipinski definition) is 0. The van der Waals surface area contributed by atoms with Gasteiger partial charge < -0.3 is 0 Å². The fraction of sp³-hybridized carbons (Fsp3) is 0.273. The Labute approximate surface area is 130 Å². The zero-order chi connectivity index (χ0) is 15.3. The third-order valence-corrected chi connectivity index (χ3v) is 3.82. The molecule has 2 aliphatic heterocycles. The average molecular weight is 327 g/mol. The van der Waals surface area contributed by atoms with Crippen molar-refractivity contribution in [2.45, 2.75) is 12.5 Å². The van der Waals surface area contributed by atoms with Crippen LogP contribution in [0.25, 0.3) is 0 Å². The van der Waals surface area contributed by atoms with Gasteiger partial charge in [-0.3, -0.25) is 14.6 Å². The summed E-state index contributed by atoms with van der Waals surface area (Å²) in [7, 11) is 1.35. The zero-order valence-corrected chi connectivity index (χ0v) is 12.4. The summed E-state index contributed by atoms with van der Waals surface area (Å²) in [5, 5.41) is 2.62. The third-order valence-electron chi connectivity index (χ3n) is 3.43. The Kier molecular flexibility index (Phi) is 3.29. The number of amides is 4. The Hall–Kier alpha value is -1.80. The number of hydrogen-bond acceptors (Lipinski definition) is 4. The van der Waals surface area contributed by atoms with Gasteiger partial charge in [-0.1, -0.05) is 23.2 Å². The molecule has 1 unspecified atom stereocenters. The first kappa shape index (κ1) is 14.2. The molecule has 0 bridgehead atoms. The van der Waals surface area contributed by atoms with E-state index in [0.717, 1.165) is 4.90 Å². The summed E-state index contributed by atoms with van der Waals surface area (Å²) in [6.45, 7) is 0.350. The van der Waals surface area contributed by atoms with Crippen LogP contribution < -0.4 is 4.90 Å². The van der Waals surface area contributed by atoms with Crippen molar-refractivity contribution >= 4 is 54.5 Å². The lowest BCUT2D eigenvalue weighted by Crippen LogP contribution is -2.45. The molecule has 21 heavy (non-hydrogen) atoms.